The number of anilines is 1. The lowest BCUT2D eigenvalue weighted by atomic mass is 9.68. The fourth-order valence-electron chi connectivity index (χ4n) is 3.52. The second-order valence-electron chi connectivity index (χ2n) is 6.51. The van der Waals surface area contributed by atoms with E-state index in [1.54, 1.807) is 0 Å². The van der Waals surface area contributed by atoms with E-state index < -0.39 is 0 Å². The van der Waals surface area contributed by atoms with E-state index in [1.807, 2.05) is 16.6 Å². The van der Waals surface area contributed by atoms with E-state index in [0.717, 1.165) is 35.5 Å². The van der Waals surface area contributed by atoms with Crippen LogP contribution in [-0.2, 0) is 6.42 Å². The highest BCUT2D eigenvalue weighted by atomic mass is 15.4. The van der Waals surface area contributed by atoms with Crippen molar-refractivity contribution < 1.29 is 0 Å². The summed E-state index contributed by atoms with van der Waals surface area (Å²) in [5, 5.41) is 16.8. The normalized spacial score (nSPS) is 19.7. The van der Waals surface area contributed by atoms with E-state index in [9.17, 15) is 0 Å². The number of rotatable bonds is 5. The highest BCUT2D eigenvalue weighted by Crippen LogP contribution is 2.41. The van der Waals surface area contributed by atoms with Gasteiger partial charge in [0, 0.05) is 12.5 Å². The summed E-state index contributed by atoms with van der Waals surface area (Å²) in [4.78, 5) is 0. The molecular formula is C16H23N5. The van der Waals surface area contributed by atoms with E-state index in [-0.39, 0.29) is 0 Å². The SMILES string of the molecule is CCc1nnc2ccc(NC(C3CCC3)C3CCC3)nn12. The number of hydrogen-bond acceptors (Lipinski definition) is 4. The van der Waals surface area contributed by atoms with Gasteiger partial charge < -0.3 is 5.32 Å². The van der Waals surface area contributed by atoms with Crippen LogP contribution >= 0.6 is 0 Å². The Morgan fingerprint density at radius 2 is 1.86 bits per heavy atom. The molecule has 0 saturated heterocycles. The summed E-state index contributed by atoms with van der Waals surface area (Å²) in [6.45, 7) is 2.09. The first kappa shape index (κ1) is 13.0. The molecule has 2 aliphatic rings. The molecule has 0 spiro atoms. The van der Waals surface area contributed by atoms with E-state index in [4.69, 9.17) is 5.10 Å². The summed E-state index contributed by atoms with van der Waals surface area (Å²) < 4.78 is 1.88. The molecule has 1 N–H and O–H groups in total. The van der Waals surface area contributed by atoms with Crippen LogP contribution in [0.15, 0.2) is 12.1 Å². The summed E-state index contributed by atoms with van der Waals surface area (Å²) in [7, 11) is 0. The molecule has 0 unspecified atom stereocenters. The molecule has 2 saturated carbocycles. The standard InChI is InChI=1S/C16H23N5/c1-2-14-18-19-15-10-9-13(20-21(14)15)17-16(11-5-3-6-11)12-7-4-8-12/h9-12,16H,2-8H2,1H3,(H,17,20). The van der Waals surface area contributed by atoms with Gasteiger partial charge in [-0.2, -0.15) is 4.52 Å². The third kappa shape index (κ3) is 2.28. The summed E-state index contributed by atoms with van der Waals surface area (Å²) in [5.41, 5.74) is 0.834. The average Bonchev–Trinajstić information content (AvgIpc) is 2.77. The molecule has 0 aromatic carbocycles. The molecular weight excluding hydrogens is 262 g/mol. The molecule has 5 heteroatoms. The van der Waals surface area contributed by atoms with Crippen LogP contribution < -0.4 is 5.32 Å². The van der Waals surface area contributed by atoms with Crippen LogP contribution in [0, 0.1) is 11.8 Å². The Bertz CT molecular complexity index is 613. The third-order valence-electron chi connectivity index (χ3n) is 5.27. The van der Waals surface area contributed by atoms with Gasteiger partial charge in [-0.3, -0.25) is 0 Å². The predicted octanol–water partition coefficient (Wildman–Crippen LogP) is 3.07. The molecule has 0 radical (unpaired) electrons. The smallest absolute Gasteiger partial charge is 0.178 e. The predicted molar refractivity (Wildman–Crippen MR) is 82.3 cm³/mol. The number of nitrogens with one attached hydrogen (secondary N) is 1. The summed E-state index contributed by atoms with van der Waals surface area (Å²) in [6.07, 6.45) is 9.16. The molecule has 4 rings (SSSR count). The summed E-state index contributed by atoms with van der Waals surface area (Å²) >= 11 is 0. The molecule has 5 nitrogen and oxygen atoms in total. The van der Waals surface area contributed by atoms with Crippen molar-refractivity contribution in [3.05, 3.63) is 18.0 Å². The fraction of sp³-hybridized carbons (Fsp3) is 0.688. The Morgan fingerprint density at radius 3 is 2.43 bits per heavy atom. The molecule has 0 atom stereocenters. The van der Waals surface area contributed by atoms with Crippen LogP contribution in [0.25, 0.3) is 5.65 Å². The highest BCUT2D eigenvalue weighted by molar-refractivity contribution is 5.44. The molecule has 0 amide bonds. The van der Waals surface area contributed by atoms with Gasteiger partial charge in [0.1, 0.15) is 5.82 Å². The van der Waals surface area contributed by atoms with Gasteiger partial charge in [-0.15, -0.1) is 15.3 Å². The Hall–Kier alpha value is -1.65. The molecule has 2 heterocycles. The van der Waals surface area contributed by atoms with Crippen LogP contribution in [-0.4, -0.2) is 25.9 Å². The Morgan fingerprint density at radius 1 is 1.14 bits per heavy atom. The van der Waals surface area contributed by atoms with Crippen molar-refractivity contribution in [2.24, 2.45) is 11.8 Å². The maximum Gasteiger partial charge on any atom is 0.178 e. The van der Waals surface area contributed by atoms with Crippen LogP contribution in [0.2, 0.25) is 0 Å². The van der Waals surface area contributed by atoms with Crippen molar-refractivity contribution in [1.29, 1.82) is 0 Å². The van der Waals surface area contributed by atoms with Gasteiger partial charge in [0.15, 0.2) is 11.5 Å². The minimum Gasteiger partial charge on any atom is -0.365 e. The lowest BCUT2D eigenvalue weighted by Gasteiger charge is -2.43. The van der Waals surface area contributed by atoms with Crippen LogP contribution in [0.5, 0.6) is 0 Å². The number of aromatic nitrogens is 4. The second kappa shape index (κ2) is 5.28. The molecule has 2 aromatic heterocycles. The van der Waals surface area contributed by atoms with Gasteiger partial charge in [0.2, 0.25) is 0 Å². The third-order valence-corrected chi connectivity index (χ3v) is 5.27. The van der Waals surface area contributed by atoms with E-state index >= 15 is 0 Å². The Kier molecular flexibility index (Phi) is 3.28. The molecule has 2 fully saturated rings. The molecule has 112 valence electrons. The maximum absolute atomic E-state index is 4.71. The zero-order valence-electron chi connectivity index (χ0n) is 12.6. The monoisotopic (exact) mass is 285 g/mol. The van der Waals surface area contributed by atoms with Crippen molar-refractivity contribution in [1.82, 2.24) is 19.8 Å². The van der Waals surface area contributed by atoms with Gasteiger partial charge in [-0.05, 0) is 49.7 Å². The Labute approximate surface area is 125 Å². The Balaban J connectivity index is 1.59. The zero-order valence-corrected chi connectivity index (χ0v) is 12.6. The first-order valence-electron chi connectivity index (χ1n) is 8.33. The summed E-state index contributed by atoms with van der Waals surface area (Å²) in [6, 6.07) is 4.67. The fourth-order valence-corrected chi connectivity index (χ4v) is 3.52. The first-order valence-corrected chi connectivity index (χ1v) is 8.33. The molecule has 2 aliphatic carbocycles. The average molecular weight is 285 g/mol. The first-order chi connectivity index (χ1) is 10.3. The molecule has 0 aliphatic heterocycles. The van der Waals surface area contributed by atoms with Crippen LogP contribution in [0.4, 0.5) is 5.82 Å². The lowest BCUT2D eigenvalue weighted by Crippen LogP contribution is -2.42. The van der Waals surface area contributed by atoms with Crippen molar-refractivity contribution in [3.63, 3.8) is 0 Å². The van der Waals surface area contributed by atoms with Gasteiger partial charge >= 0.3 is 0 Å². The van der Waals surface area contributed by atoms with Gasteiger partial charge in [0.05, 0.1) is 0 Å². The topological polar surface area (TPSA) is 55.1 Å². The quantitative estimate of drug-likeness (QED) is 0.917. The van der Waals surface area contributed by atoms with Gasteiger partial charge in [-0.25, -0.2) is 0 Å². The number of hydrogen-bond donors (Lipinski definition) is 1. The van der Waals surface area contributed by atoms with E-state index in [1.165, 1.54) is 38.5 Å². The maximum atomic E-state index is 4.71. The number of fused-ring (bicyclic) bond motifs is 1. The van der Waals surface area contributed by atoms with Crippen LogP contribution in [0.3, 0.4) is 0 Å². The highest BCUT2D eigenvalue weighted by Gasteiger charge is 2.36. The minimum atomic E-state index is 0.610. The minimum absolute atomic E-state index is 0.610. The van der Waals surface area contributed by atoms with Crippen LogP contribution in [0.1, 0.15) is 51.3 Å². The number of aryl methyl sites for hydroxylation is 1. The zero-order chi connectivity index (χ0) is 14.2. The largest absolute Gasteiger partial charge is 0.365 e. The summed E-state index contributed by atoms with van der Waals surface area (Å²) in [5.74, 6) is 3.59. The molecule has 21 heavy (non-hydrogen) atoms. The van der Waals surface area contributed by atoms with Crippen molar-refractivity contribution >= 4 is 11.5 Å². The second-order valence-corrected chi connectivity index (χ2v) is 6.51. The van der Waals surface area contributed by atoms with Crippen molar-refractivity contribution in [2.45, 2.75) is 57.9 Å². The van der Waals surface area contributed by atoms with Crippen molar-refractivity contribution in [2.75, 3.05) is 5.32 Å². The number of nitrogens with zero attached hydrogens (tertiary/aromatic N) is 4. The van der Waals surface area contributed by atoms with Gasteiger partial charge in [-0.1, -0.05) is 19.8 Å². The van der Waals surface area contributed by atoms with Gasteiger partial charge in [0.25, 0.3) is 0 Å². The molecule has 2 aromatic rings. The lowest BCUT2D eigenvalue weighted by molar-refractivity contribution is 0.165. The van der Waals surface area contributed by atoms with E-state index in [0.29, 0.717) is 6.04 Å². The van der Waals surface area contributed by atoms with E-state index in [2.05, 4.69) is 22.4 Å². The van der Waals surface area contributed by atoms with Crippen molar-refractivity contribution in [3.8, 4) is 0 Å². The molecule has 0 bridgehead atoms.